The molecular formula is C16H22ClNO3. The van der Waals surface area contributed by atoms with Gasteiger partial charge in [0.15, 0.2) is 0 Å². The van der Waals surface area contributed by atoms with Crippen molar-refractivity contribution in [2.45, 2.75) is 31.2 Å². The number of carbonyl (C=O) groups is 1. The highest BCUT2D eigenvalue weighted by molar-refractivity contribution is 6.30. The van der Waals surface area contributed by atoms with E-state index in [1.165, 1.54) is 0 Å². The summed E-state index contributed by atoms with van der Waals surface area (Å²) in [6.45, 7) is 4.13. The SMILES string of the molecule is CC(Cl)C(=O)N(CCOc1ccccc1)C1CCOCC1. The van der Waals surface area contributed by atoms with Gasteiger partial charge in [-0.25, -0.2) is 0 Å². The van der Waals surface area contributed by atoms with Crippen LogP contribution < -0.4 is 4.74 Å². The summed E-state index contributed by atoms with van der Waals surface area (Å²) in [6, 6.07) is 9.82. The van der Waals surface area contributed by atoms with E-state index in [4.69, 9.17) is 21.1 Å². The van der Waals surface area contributed by atoms with E-state index >= 15 is 0 Å². The lowest BCUT2D eigenvalue weighted by atomic mass is 10.1. The summed E-state index contributed by atoms with van der Waals surface area (Å²) >= 11 is 5.97. The number of nitrogens with zero attached hydrogens (tertiary/aromatic N) is 1. The lowest BCUT2D eigenvalue weighted by Gasteiger charge is -2.35. The normalized spacial score (nSPS) is 17.2. The van der Waals surface area contributed by atoms with Gasteiger partial charge < -0.3 is 14.4 Å². The molecule has 0 aliphatic carbocycles. The van der Waals surface area contributed by atoms with E-state index in [-0.39, 0.29) is 11.9 Å². The first kappa shape index (κ1) is 16.1. The fourth-order valence-electron chi connectivity index (χ4n) is 2.48. The highest BCUT2D eigenvalue weighted by Crippen LogP contribution is 2.17. The van der Waals surface area contributed by atoms with Gasteiger partial charge in [0.25, 0.3) is 0 Å². The predicted octanol–water partition coefficient (Wildman–Crippen LogP) is 2.70. The maximum absolute atomic E-state index is 12.3. The molecule has 1 aliphatic rings. The quantitative estimate of drug-likeness (QED) is 0.758. The molecule has 4 nitrogen and oxygen atoms in total. The number of rotatable bonds is 6. The molecule has 1 unspecified atom stereocenters. The summed E-state index contributed by atoms with van der Waals surface area (Å²) < 4.78 is 11.1. The summed E-state index contributed by atoms with van der Waals surface area (Å²) in [5.74, 6) is 0.788. The van der Waals surface area contributed by atoms with E-state index in [9.17, 15) is 4.79 Å². The molecule has 1 aliphatic heterocycles. The Balaban J connectivity index is 1.90. The molecule has 0 spiro atoms. The average molecular weight is 312 g/mol. The van der Waals surface area contributed by atoms with Crippen LogP contribution in [0.15, 0.2) is 30.3 Å². The molecule has 5 heteroatoms. The highest BCUT2D eigenvalue weighted by Gasteiger charge is 2.27. The number of alkyl halides is 1. The molecule has 116 valence electrons. The van der Waals surface area contributed by atoms with Crippen LogP contribution in [0.3, 0.4) is 0 Å². The number of halogens is 1. The van der Waals surface area contributed by atoms with Crippen LogP contribution in [-0.4, -0.2) is 48.6 Å². The summed E-state index contributed by atoms with van der Waals surface area (Å²) in [5.41, 5.74) is 0. The maximum atomic E-state index is 12.3. The number of ether oxygens (including phenoxy) is 2. The number of hydrogen-bond donors (Lipinski definition) is 0. The van der Waals surface area contributed by atoms with Crippen LogP contribution in [0, 0.1) is 0 Å². The highest BCUT2D eigenvalue weighted by atomic mass is 35.5. The minimum atomic E-state index is -0.510. The van der Waals surface area contributed by atoms with E-state index in [1.807, 2.05) is 35.2 Å². The van der Waals surface area contributed by atoms with Gasteiger partial charge in [-0.2, -0.15) is 0 Å². The standard InChI is InChI=1S/C16H22ClNO3/c1-13(17)16(19)18(14-7-10-20-11-8-14)9-12-21-15-5-3-2-4-6-15/h2-6,13-14H,7-12H2,1H3. The van der Waals surface area contributed by atoms with E-state index in [1.54, 1.807) is 6.92 Å². The average Bonchev–Trinajstić information content (AvgIpc) is 2.53. The zero-order valence-corrected chi connectivity index (χ0v) is 13.1. The number of carbonyl (C=O) groups excluding carboxylic acids is 1. The number of benzene rings is 1. The van der Waals surface area contributed by atoms with Crippen LogP contribution in [0.5, 0.6) is 5.75 Å². The molecular weight excluding hydrogens is 290 g/mol. The van der Waals surface area contributed by atoms with Crippen LogP contribution in [0.2, 0.25) is 0 Å². The molecule has 21 heavy (non-hydrogen) atoms. The third kappa shape index (κ3) is 4.90. The second-order valence-corrected chi connectivity index (χ2v) is 5.81. The molecule has 1 aromatic carbocycles. The maximum Gasteiger partial charge on any atom is 0.240 e. The molecule has 1 saturated heterocycles. The van der Waals surface area contributed by atoms with Gasteiger partial charge in [0.05, 0.1) is 6.54 Å². The Labute approximate surface area is 131 Å². The first-order chi connectivity index (χ1) is 10.2. The first-order valence-corrected chi connectivity index (χ1v) is 7.82. The number of para-hydroxylation sites is 1. The van der Waals surface area contributed by atoms with Gasteiger partial charge in [-0.1, -0.05) is 18.2 Å². The Morgan fingerprint density at radius 1 is 1.38 bits per heavy atom. The van der Waals surface area contributed by atoms with Crippen molar-refractivity contribution in [1.82, 2.24) is 4.90 Å². The summed E-state index contributed by atoms with van der Waals surface area (Å²) in [5, 5.41) is -0.510. The fourth-order valence-corrected chi connectivity index (χ4v) is 2.60. The molecule has 0 N–H and O–H groups in total. The molecule has 0 aromatic heterocycles. The van der Waals surface area contributed by atoms with Gasteiger partial charge in [-0.15, -0.1) is 11.6 Å². The van der Waals surface area contributed by atoms with Crippen molar-refractivity contribution in [3.63, 3.8) is 0 Å². The van der Waals surface area contributed by atoms with Gasteiger partial charge >= 0.3 is 0 Å². The van der Waals surface area contributed by atoms with Crippen molar-refractivity contribution in [2.75, 3.05) is 26.4 Å². The smallest absolute Gasteiger partial charge is 0.240 e. The van der Waals surface area contributed by atoms with Crippen LogP contribution in [0.1, 0.15) is 19.8 Å². The zero-order valence-electron chi connectivity index (χ0n) is 12.3. The Morgan fingerprint density at radius 3 is 2.67 bits per heavy atom. The summed E-state index contributed by atoms with van der Waals surface area (Å²) in [4.78, 5) is 14.1. The van der Waals surface area contributed by atoms with Crippen molar-refractivity contribution in [3.05, 3.63) is 30.3 Å². The molecule has 0 bridgehead atoms. The largest absolute Gasteiger partial charge is 0.492 e. The molecule has 1 aromatic rings. The molecule has 1 amide bonds. The number of amides is 1. The number of hydrogen-bond acceptors (Lipinski definition) is 3. The molecule has 0 radical (unpaired) electrons. The lowest BCUT2D eigenvalue weighted by Crippen LogP contribution is -2.47. The van der Waals surface area contributed by atoms with Crippen LogP contribution in [0.4, 0.5) is 0 Å². The topological polar surface area (TPSA) is 38.8 Å². The van der Waals surface area contributed by atoms with Crippen molar-refractivity contribution in [3.8, 4) is 5.75 Å². The molecule has 0 saturated carbocycles. The Morgan fingerprint density at radius 2 is 2.05 bits per heavy atom. The van der Waals surface area contributed by atoms with Crippen molar-refractivity contribution < 1.29 is 14.3 Å². The van der Waals surface area contributed by atoms with E-state index < -0.39 is 5.38 Å². The fraction of sp³-hybridized carbons (Fsp3) is 0.562. The van der Waals surface area contributed by atoms with E-state index in [0.717, 1.165) is 18.6 Å². The Hall–Kier alpha value is -1.26. The molecule has 2 rings (SSSR count). The minimum absolute atomic E-state index is 0.0276. The Kier molecular flexibility index (Phi) is 6.33. The zero-order chi connectivity index (χ0) is 15.1. The monoisotopic (exact) mass is 311 g/mol. The van der Waals surface area contributed by atoms with E-state index in [2.05, 4.69) is 0 Å². The summed E-state index contributed by atoms with van der Waals surface area (Å²) in [7, 11) is 0. The van der Waals surface area contributed by atoms with Gasteiger partial charge in [0.1, 0.15) is 17.7 Å². The Bertz CT molecular complexity index is 432. The van der Waals surface area contributed by atoms with Crippen LogP contribution in [0.25, 0.3) is 0 Å². The van der Waals surface area contributed by atoms with Crippen LogP contribution in [-0.2, 0) is 9.53 Å². The summed E-state index contributed by atoms with van der Waals surface area (Å²) in [6.07, 6.45) is 1.72. The molecule has 1 fully saturated rings. The van der Waals surface area contributed by atoms with Crippen molar-refractivity contribution in [1.29, 1.82) is 0 Å². The minimum Gasteiger partial charge on any atom is -0.492 e. The van der Waals surface area contributed by atoms with Crippen molar-refractivity contribution in [2.24, 2.45) is 0 Å². The second kappa shape index (κ2) is 8.25. The first-order valence-electron chi connectivity index (χ1n) is 7.38. The second-order valence-electron chi connectivity index (χ2n) is 5.15. The van der Waals surface area contributed by atoms with E-state index in [0.29, 0.717) is 26.4 Å². The van der Waals surface area contributed by atoms with Gasteiger partial charge in [0.2, 0.25) is 5.91 Å². The predicted molar refractivity (Wildman–Crippen MR) is 82.8 cm³/mol. The van der Waals surface area contributed by atoms with Gasteiger partial charge in [-0.05, 0) is 31.9 Å². The van der Waals surface area contributed by atoms with Crippen molar-refractivity contribution >= 4 is 17.5 Å². The third-order valence-electron chi connectivity index (χ3n) is 3.60. The molecule has 1 atom stereocenters. The van der Waals surface area contributed by atoms with Gasteiger partial charge in [-0.3, -0.25) is 4.79 Å². The van der Waals surface area contributed by atoms with Gasteiger partial charge in [0, 0.05) is 19.3 Å². The van der Waals surface area contributed by atoms with Crippen LogP contribution >= 0.6 is 11.6 Å². The lowest BCUT2D eigenvalue weighted by molar-refractivity contribution is -0.135. The third-order valence-corrected chi connectivity index (χ3v) is 3.79. The molecule has 1 heterocycles.